The van der Waals surface area contributed by atoms with Crippen molar-refractivity contribution in [1.82, 2.24) is 5.32 Å². The van der Waals surface area contributed by atoms with Crippen molar-refractivity contribution in [1.29, 1.82) is 0 Å². The predicted molar refractivity (Wildman–Crippen MR) is 89.7 cm³/mol. The van der Waals surface area contributed by atoms with E-state index in [1.165, 1.54) is 0 Å². The molecule has 22 heavy (non-hydrogen) atoms. The first-order valence-electron chi connectivity index (χ1n) is 6.74. The first kappa shape index (κ1) is 16.2. The van der Waals surface area contributed by atoms with Gasteiger partial charge in [0, 0.05) is 16.2 Å². The largest absolute Gasteiger partial charge is 0.497 e. The minimum Gasteiger partial charge on any atom is -0.497 e. The van der Waals surface area contributed by atoms with Gasteiger partial charge in [-0.15, -0.1) is 0 Å². The molecule has 6 heteroatoms. The zero-order valence-corrected chi connectivity index (χ0v) is 13.7. The van der Waals surface area contributed by atoms with Crippen LogP contribution in [0.3, 0.4) is 0 Å². The Morgan fingerprint density at radius 3 is 2.68 bits per heavy atom. The highest BCUT2D eigenvalue weighted by Crippen LogP contribution is 2.18. The van der Waals surface area contributed by atoms with Crippen LogP contribution in [0.15, 0.2) is 53.0 Å². The van der Waals surface area contributed by atoms with Crippen molar-refractivity contribution in [3.8, 4) is 11.5 Å². The summed E-state index contributed by atoms with van der Waals surface area (Å²) >= 11 is 3.35. The third kappa shape index (κ3) is 5.29. The van der Waals surface area contributed by atoms with Gasteiger partial charge in [0.25, 0.3) is 0 Å². The molecule has 0 saturated heterocycles. The summed E-state index contributed by atoms with van der Waals surface area (Å²) in [5, 5.41) is 5.47. The van der Waals surface area contributed by atoms with Crippen LogP contribution in [0.25, 0.3) is 0 Å². The molecule has 116 valence electrons. The van der Waals surface area contributed by atoms with E-state index < -0.39 is 0 Å². The highest BCUT2D eigenvalue weighted by Gasteiger charge is 2.02. The van der Waals surface area contributed by atoms with E-state index in [2.05, 4.69) is 26.6 Å². The van der Waals surface area contributed by atoms with Gasteiger partial charge in [-0.05, 0) is 30.3 Å². The van der Waals surface area contributed by atoms with Crippen LogP contribution in [-0.4, -0.2) is 26.3 Å². The van der Waals surface area contributed by atoms with Crippen molar-refractivity contribution in [3.63, 3.8) is 0 Å². The molecule has 0 atom stereocenters. The standard InChI is InChI=1S/C16H17BrN2O3/c1-21-14-6-3-7-15(11-14)22-9-8-18-16(20)19-13-5-2-4-12(17)10-13/h2-7,10-11H,8-9H2,1H3,(H2,18,19,20). The minimum atomic E-state index is -0.271. The van der Waals surface area contributed by atoms with Gasteiger partial charge in [-0.3, -0.25) is 0 Å². The number of halogens is 1. The zero-order valence-electron chi connectivity index (χ0n) is 12.1. The second kappa shape index (κ2) is 8.29. The number of benzene rings is 2. The van der Waals surface area contributed by atoms with Crippen LogP contribution >= 0.6 is 15.9 Å². The van der Waals surface area contributed by atoms with Gasteiger partial charge >= 0.3 is 6.03 Å². The lowest BCUT2D eigenvalue weighted by Gasteiger charge is -2.10. The molecule has 2 rings (SSSR count). The highest BCUT2D eigenvalue weighted by molar-refractivity contribution is 9.10. The Balaban J connectivity index is 1.70. The second-order valence-electron chi connectivity index (χ2n) is 4.42. The zero-order chi connectivity index (χ0) is 15.8. The molecule has 0 aliphatic carbocycles. The van der Waals surface area contributed by atoms with Crippen molar-refractivity contribution in [2.24, 2.45) is 0 Å². The molecule has 0 spiro atoms. The summed E-state index contributed by atoms with van der Waals surface area (Å²) in [6, 6.07) is 14.4. The molecule has 5 nitrogen and oxygen atoms in total. The first-order valence-corrected chi connectivity index (χ1v) is 7.54. The average molecular weight is 365 g/mol. The smallest absolute Gasteiger partial charge is 0.319 e. The van der Waals surface area contributed by atoms with E-state index in [9.17, 15) is 4.79 Å². The van der Waals surface area contributed by atoms with Crippen molar-refractivity contribution in [2.45, 2.75) is 0 Å². The molecule has 0 radical (unpaired) electrons. The second-order valence-corrected chi connectivity index (χ2v) is 5.33. The van der Waals surface area contributed by atoms with E-state index in [4.69, 9.17) is 9.47 Å². The van der Waals surface area contributed by atoms with E-state index in [1.54, 1.807) is 13.2 Å². The maximum Gasteiger partial charge on any atom is 0.319 e. The average Bonchev–Trinajstić information content (AvgIpc) is 2.52. The number of methoxy groups -OCH3 is 1. The third-order valence-electron chi connectivity index (χ3n) is 2.78. The summed E-state index contributed by atoms with van der Waals surface area (Å²) in [5.74, 6) is 1.44. The third-order valence-corrected chi connectivity index (χ3v) is 3.27. The van der Waals surface area contributed by atoms with Gasteiger partial charge in [0.1, 0.15) is 18.1 Å². The summed E-state index contributed by atoms with van der Waals surface area (Å²) in [4.78, 5) is 11.7. The number of rotatable bonds is 6. The van der Waals surface area contributed by atoms with E-state index >= 15 is 0 Å². The van der Waals surface area contributed by atoms with Crippen molar-refractivity contribution < 1.29 is 14.3 Å². The Bertz CT molecular complexity index is 634. The molecule has 0 unspecified atom stereocenters. The predicted octanol–water partition coefficient (Wildman–Crippen LogP) is 3.66. The van der Waals surface area contributed by atoms with E-state index in [1.807, 2.05) is 42.5 Å². The summed E-state index contributed by atoms with van der Waals surface area (Å²) in [7, 11) is 1.60. The molecular formula is C16H17BrN2O3. The topological polar surface area (TPSA) is 59.6 Å². The maximum absolute atomic E-state index is 11.7. The number of urea groups is 1. The Labute approximate surface area is 137 Å². The molecule has 0 bridgehead atoms. The summed E-state index contributed by atoms with van der Waals surface area (Å²) < 4.78 is 11.6. The SMILES string of the molecule is COc1cccc(OCCNC(=O)Nc2cccc(Br)c2)c1. The summed E-state index contributed by atoms with van der Waals surface area (Å²) in [6.07, 6.45) is 0. The molecule has 2 N–H and O–H groups in total. The number of hydrogen-bond donors (Lipinski definition) is 2. The van der Waals surface area contributed by atoms with Gasteiger partial charge in [0.15, 0.2) is 0 Å². The van der Waals surface area contributed by atoms with Gasteiger partial charge in [-0.1, -0.05) is 28.1 Å². The van der Waals surface area contributed by atoms with Crippen LogP contribution in [0.5, 0.6) is 11.5 Å². The fraction of sp³-hybridized carbons (Fsp3) is 0.188. The van der Waals surface area contributed by atoms with E-state index in [0.717, 1.165) is 15.9 Å². The van der Waals surface area contributed by atoms with Crippen molar-refractivity contribution >= 4 is 27.6 Å². The maximum atomic E-state index is 11.7. The van der Waals surface area contributed by atoms with Crippen LogP contribution in [0, 0.1) is 0 Å². The molecule has 0 aromatic heterocycles. The van der Waals surface area contributed by atoms with E-state index in [0.29, 0.717) is 18.9 Å². The van der Waals surface area contributed by atoms with Crippen LogP contribution in [0.2, 0.25) is 0 Å². The van der Waals surface area contributed by atoms with Crippen LogP contribution in [-0.2, 0) is 0 Å². The van der Waals surface area contributed by atoms with Gasteiger partial charge in [0.05, 0.1) is 13.7 Å². The summed E-state index contributed by atoms with van der Waals surface area (Å²) in [5.41, 5.74) is 0.723. The quantitative estimate of drug-likeness (QED) is 0.769. The first-order chi connectivity index (χ1) is 10.7. The van der Waals surface area contributed by atoms with Crippen molar-refractivity contribution in [2.75, 3.05) is 25.6 Å². The molecule has 0 saturated carbocycles. The molecule has 2 amide bonds. The number of anilines is 1. The van der Waals surface area contributed by atoms with Gasteiger partial charge in [-0.2, -0.15) is 0 Å². The van der Waals surface area contributed by atoms with Gasteiger partial charge in [-0.25, -0.2) is 4.79 Å². The number of carbonyl (C=O) groups excluding carboxylic acids is 1. The number of hydrogen-bond acceptors (Lipinski definition) is 3. The highest BCUT2D eigenvalue weighted by atomic mass is 79.9. The minimum absolute atomic E-state index is 0.271. The number of amides is 2. The normalized spacial score (nSPS) is 9.91. The Kier molecular flexibility index (Phi) is 6.09. The number of nitrogens with one attached hydrogen (secondary N) is 2. The molecule has 0 aliphatic heterocycles. The van der Waals surface area contributed by atoms with Crippen molar-refractivity contribution in [3.05, 3.63) is 53.0 Å². The van der Waals surface area contributed by atoms with Crippen LogP contribution in [0.1, 0.15) is 0 Å². The lowest BCUT2D eigenvalue weighted by molar-refractivity contribution is 0.247. The van der Waals surface area contributed by atoms with Gasteiger partial charge in [0.2, 0.25) is 0 Å². The summed E-state index contributed by atoms with van der Waals surface area (Å²) in [6.45, 7) is 0.774. The molecule has 0 aliphatic rings. The monoisotopic (exact) mass is 364 g/mol. The fourth-order valence-corrected chi connectivity index (χ4v) is 2.17. The Morgan fingerprint density at radius 2 is 1.91 bits per heavy atom. The molecule has 2 aromatic carbocycles. The Hall–Kier alpha value is -2.21. The lowest BCUT2D eigenvalue weighted by atomic mass is 10.3. The van der Waals surface area contributed by atoms with Gasteiger partial charge < -0.3 is 20.1 Å². The molecular weight excluding hydrogens is 348 g/mol. The van der Waals surface area contributed by atoms with E-state index in [-0.39, 0.29) is 6.03 Å². The van der Waals surface area contributed by atoms with Crippen LogP contribution < -0.4 is 20.1 Å². The fourth-order valence-electron chi connectivity index (χ4n) is 1.77. The Morgan fingerprint density at radius 1 is 1.14 bits per heavy atom. The number of ether oxygens (including phenoxy) is 2. The molecule has 0 heterocycles. The molecule has 2 aromatic rings. The lowest BCUT2D eigenvalue weighted by Crippen LogP contribution is -2.32. The number of carbonyl (C=O) groups is 1. The molecule has 0 fully saturated rings. The van der Waals surface area contributed by atoms with Crippen LogP contribution in [0.4, 0.5) is 10.5 Å².